The van der Waals surface area contributed by atoms with Crippen molar-refractivity contribution in [3.05, 3.63) is 77.9 Å². The van der Waals surface area contributed by atoms with Gasteiger partial charge in [0.15, 0.2) is 0 Å². The average Bonchev–Trinajstić information content (AvgIpc) is 3.31. The average molecular weight is 477 g/mol. The van der Waals surface area contributed by atoms with Crippen molar-refractivity contribution < 1.29 is 24.3 Å². The molecule has 0 spiro atoms. The van der Waals surface area contributed by atoms with E-state index < -0.39 is 47.2 Å². The van der Waals surface area contributed by atoms with Crippen LogP contribution in [0.1, 0.15) is 24.0 Å². The number of nitrogens with zero attached hydrogens (tertiary/aromatic N) is 1. The summed E-state index contributed by atoms with van der Waals surface area (Å²) in [6.07, 6.45) is 3.88. The number of primary amides is 1. The molecule has 2 aromatic carbocycles. The van der Waals surface area contributed by atoms with Gasteiger partial charge in [-0.1, -0.05) is 72.8 Å². The Labute approximate surface area is 203 Å². The summed E-state index contributed by atoms with van der Waals surface area (Å²) in [6.45, 7) is 0.239. The lowest BCUT2D eigenvalue weighted by Crippen LogP contribution is -2.56. The third-order valence-electron chi connectivity index (χ3n) is 6.69. The number of rotatable bonds is 9. The number of carbonyl (C=O) groups is 4. The van der Waals surface area contributed by atoms with Crippen molar-refractivity contribution in [1.82, 2.24) is 15.5 Å². The summed E-state index contributed by atoms with van der Waals surface area (Å²) in [5.41, 5.74) is 5.13. The molecule has 2 aliphatic heterocycles. The minimum atomic E-state index is -1.66. The summed E-state index contributed by atoms with van der Waals surface area (Å²) in [6, 6.07) is 17.2. The molecule has 4 unspecified atom stereocenters. The number of imide groups is 1. The molecule has 0 saturated carbocycles. The highest BCUT2D eigenvalue weighted by molar-refractivity contribution is 6.09. The topological polar surface area (TPSA) is 142 Å². The van der Waals surface area contributed by atoms with Crippen LogP contribution in [-0.2, 0) is 20.9 Å². The number of benzene rings is 2. The monoisotopic (exact) mass is 476 g/mol. The minimum Gasteiger partial charge on any atom is -0.480 e. The van der Waals surface area contributed by atoms with E-state index in [-0.39, 0.29) is 25.9 Å². The Morgan fingerprint density at radius 3 is 2.34 bits per heavy atom. The molecule has 4 amide bonds. The van der Waals surface area contributed by atoms with Gasteiger partial charge in [0.1, 0.15) is 5.54 Å². The van der Waals surface area contributed by atoms with E-state index in [1.54, 1.807) is 6.08 Å². The lowest BCUT2D eigenvalue weighted by atomic mass is 9.77. The van der Waals surface area contributed by atoms with Crippen LogP contribution < -0.4 is 16.4 Å². The van der Waals surface area contributed by atoms with E-state index in [0.717, 1.165) is 11.1 Å². The lowest BCUT2D eigenvalue weighted by Gasteiger charge is -2.31. The van der Waals surface area contributed by atoms with Gasteiger partial charge in [-0.15, -0.1) is 0 Å². The Hall–Kier alpha value is -3.98. The molecular formula is C26H28N4O5. The predicted molar refractivity (Wildman–Crippen MR) is 129 cm³/mol. The number of carbonyl (C=O) groups excluding carboxylic acids is 3. The van der Waals surface area contributed by atoms with Crippen LogP contribution in [0.3, 0.4) is 0 Å². The molecule has 4 atom stereocenters. The van der Waals surface area contributed by atoms with Crippen LogP contribution in [0.5, 0.6) is 0 Å². The van der Waals surface area contributed by atoms with Gasteiger partial charge in [-0.2, -0.15) is 0 Å². The molecule has 9 nitrogen and oxygen atoms in total. The van der Waals surface area contributed by atoms with Gasteiger partial charge in [0, 0.05) is 12.6 Å². The number of hydrogen-bond donors (Lipinski definition) is 4. The van der Waals surface area contributed by atoms with Crippen molar-refractivity contribution >= 4 is 29.9 Å². The van der Waals surface area contributed by atoms with E-state index in [4.69, 9.17) is 5.73 Å². The Bertz CT molecular complexity index is 1140. The van der Waals surface area contributed by atoms with E-state index >= 15 is 0 Å². The number of fused-ring (bicyclic) bond motifs is 1. The molecule has 4 rings (SSSR count). The second kappa shape index (κ2) is 10.1. The highest BCUT2D eigenvalue weighted by atomic mass is 16.4. The van der Waals surface area contributed by atoms with Crippen LogP contribution in [0, 0.1) is 11.8 Å². The van der Waals surface area contributed by atoms with Gasteiger partial charge in [0.2, 0.25) is 11.8 Å². The zero-order valence-corrected chi connectivity index (χ0v) is 19.1. The highest BCUT2D eigenvalue weighted by Crippen LogP contribution is 2.46. The number of urea groups is 1. The van der Waals surface area contributed by atoms with Crippen molar-refractivity contribution in [2.24, 2.45) is 17.6 Å². The second-order valence-electron chi connectivity index (χ2n) is 8.86. The molecule has 0 aromatic heterocycles. The summed E-state index contributed by atoms with van der Waals surface area (Å²) >= 11 is 0. The minimum absolute atomic E-state index is 0.0393. The Kier molecular flexibility index (Phi) is 6.97. The van der Waals surface area contributed by atoms with Crippen LogP contribution in [0.4, 0.5) is 4.79 Å². The van der Waals surface area contributed by atoms with Crippen LogP contribution in [0.15, 0.2) is 66.7 Å². The number of amides is 4. The summed E-state index contributed by atoms with van der Waals surface area (Å²) in [4.78, 5) is 52.0. The largest absolute Gasteiger partial charge is 0.480 e. The molecule has 35 heavy (non-hydrogen) atoms. The quantitative estimate of drug-likeness (QED) is 0.321. The number of carboxylic acids is 1. The maximum Gasteiger partial charge on any atom is 0.324 e. The van der Waals surface area contributed by atoms with Gasteiger partial charge < -0.3 is 16.2 Å². The van der Waals surface area contributed by atoms with Crippen molar-refractivity contribution in [2.45, 2.75) is 31.0 Å². The van der Waals surface area contributed by atoms with Crippen molar-refractivity contribution in [1.29, 1.82) is 0 Å². The first kappa shape index (κ1) is 24.2. The molecule has 9 heteroatoms. The number of hydrogen-bond acceptors (Lipinski definition) is 5. The van der Waals surface area contributed by atoms with E-state index in [9.17, 15) is 24.3 Å². The molecule has 0 bridgehead atoms. The predicted octanol–water partition coefficient (Wildman–Crippen LogP) is 1.74. The molecule has 0 radical (unpaired) electrons. The van der Waals surface area contributed by atoms with Gasteiger partial charge in [-0.25, -0.2) is 4.79 Å². The fourth-order valence-electron chi connectivity index (χ4n) is 5.08. The molecule has 2 fully saturated rings. The normalized spacial score (nSPS) is 25.7. The van der Waals surface area contributed by atoms with Crippen molar-refractivity contribution in [3.63, 3.8) is 0 Å². The van der Waals surface area contributed by atoms with Gasteiger partial charge in [0.05, 0.1) is 18.4 Å². The molecule has 2 heterocycles. The number of nitrogens with one attached hydrogen (secondary N) is 2. The smallest absolute Gasteiger partial charge is 0.324 e. The number of likely N-dealkylation sites (tertiary alicyclic amines) is 1. The van der Waals surface area contributed by atoms with Crippen molar-refractivity contribution in [3.8, 4) is 0 Å². The number of carboxylic acid groups (broad SMARTS) is 1. The van der Waals surface area contributed by atoms with Gasteiger partial charge in [-0.3, -0.25) is 24.6 Å². The fourth-order valence-corrected chi connectivity index (χ4v) is 5.08. The number of nitrogens with two attached hydrogens (primary N) is 1. The maximum atomic E-state index is 13.6. The molecule has 2 aromatic rings. The summed E-state index contributed by atoms with van der Waals surface area (Å²) in [5.74, 6) is -4.03. The molecule has 2 aliphatic rings. The third kappa shape index (κ3) is 4.81. The maximum absolute atomic E-state index is 13.6. The zero-order valence-electron chi connectivity index (χ0n) is 19.1. The van der Waals surface area contributed by atoms with E-state index in [0.29, 0.717) is 0 Å². The van der Waals surface area contributed by atoms with Crippen molar-refractivity contribution in [2.75, 3.05) is 6.54 Å². The Morgan fingerprint density at radius 2 is 1.71 bits per heavy atom. The molecule has 2 saturated heterocycles. The summed E-state index contributed by atoms with van der Waals surface area (Å²) in [7, 11) is 0. The van der Waals surface area contributed by atoms with E-state index in [2.05, 4.69) is 10.6 Å². The Balaban J connectivity index is 1.67. The molecule has 182 valence electrons. The van der Waals surface area contributed by atoms with Gasteiger partial charge in [0.25, 0.3) is 0 Å². The first-order valence-electron chi connectivity index (χ1n) is 11.5. The van der Waals surface area contributed by atoms with E-state index in [1.165, 1.54) is 4.90 Å². The first-order valence-corrected chi connectivity index (χ1v) is 11.5. The zero-order chi connectivity index (χ0) is 25.0. The molecule has 0 aliphatic carbocycles. The summed E-state index contributed by atoms with van der Waals surface area (Å²) < 4.78 is 0. The van der Waals surface area contributed by atoms with E-state index in [1.807, 2.05) is 66.7 Å². The molecular weight excluding hydrogens is 448 g/mol. The van der Waals surface area contributed by atoms with Crippen LogP contribution in [-0.4, -0.2) is 51.9 Å². The standard InChI is InChI=1S/C26H28N4O5/c27-25(35)28-15-7-14-26(24(33)34)21-20(19(29-26)13-12-17-8-3-1-4-9-17)22(31)30(23(21)32)16-18-10-5-2-6-11-18/h1-6,8-13,19-21,29H,7,14-16H2,(H,33,34)(H3,27,28,35)/b13-12+. The number of aliphatic carboxylic acids is 1. The van der Waals surface area contributed by atoms with Gasteiger partial charge >= 0.3 is 12.0 Å². The van der Waals surface area contributed by atoms with Crippen LogP contribution in [0.2, 0.25) is 0 Å². The second-order valence-corrected chi connectivity index (χ2v) is 8.86. The SMILES string of the molecule is NC(=O)NCCCC1(C(=O)O)NC(/C=C/c2ccccc2)C2C(=O)N(Cc3ccccc3)C(=O)C21. The van der Waals surface area contributed by atoms with Crippen LogP contribution in [0.25, 0.3) is 6.08 Å². The van der Waals surface area contributed by atoms with Gasteiger partial charge in [-0.05, 0) is 24.0 Å². The summed E-state index contributed by atoms with van der Waals surface area (Å²) in [5, 5.41) is 15.9. The van der Waals surface area contributed by atoms with Crippen LogP contribution >= 0.6 is 0 Å². The lowest BCUT2D eigenvalue weighted by molar-refractivity contribution is -0.152. The Morgan fingerprint density at radius 1 is 1.06 bits per heavy atom. The fraction of sp³-hybridized carbons (Fsp3) is 0.308. The third-order valence-corrected chi connectivity index (χ3v) is 6.69. The first-order chi connectivity index (χ1) is 16.8. The highest BCUT2D eigenvalue weighted by Gasteiger charge is 2.67. The molecule has 5 N–H and O–H groups in total.